The normalized spacial score (nSPS) is 17.9. The SMILES string of the molecule is CCOc1ccc([C@@H]2C3=C(CCCC3=O)Nc3nc(-c4cccc(Cl)c4)nn32)cc1. The molecule has 0 bridgehead atoms. The standard InChI is InChI=1S/C23H21ClN4O2/c1-2-30-17-11-9-14(10-12-17)21-20-18(7-4-8-19(20)29)25-23-26-22(27-28(21)23)15-5-3-6-16(24)13-15/h3,5-6,9-13,21H,2,4,7-8H2,1H3,(H,25,26,27)/t21-/m1/s1. The molecule has 3 aromatic rings. The number of anilines is 1. The zero-order chi connectivity index (χ0) is 20.7. The largest absolute Gasteiger partial charge is 0.494 e. The van der Waals surface area contributed by atoms with Gasteiger partial charge in [-0.2, -0.15) is 4.98 Å². The molecule has 30 heavy (non-hydrogen) atoms. The van der Waals surface area contributed by atoms with Gasteiger partial charge in [-0.25, -0.2) is 4.68 Å². The van der Waals surface area contributed by atoms with Crippen LogP contribution in [0, 0.1) is 0 Å². The van der Waals surface area contributed by atoms with E-state index in [2.05, 4.69) is 5.32 Å². The van der Waals surface area contributed by atoms with Crippen molar-refractivity contribution in [2.75, 3.05) is 11.9 Å². The average Bonchev–Trinajstić information content (AvgIpc) is 3.17. The minimum atomic E-state index is -0.319. The van der Waals surface area contributed by atoms with Crippen LogP contribution in [0.4, 0.5) is 5.95 Å². The third-order valence-electron chi connectivity index (χ3n) is 5.46. The van der Waals surface area contributed by atoms with Crippen molar-refractivity contribution < 1.29 is 9.53 Å². The molecule has 6 nitrogen and oxygen atoms in total. The predicted molar refractivity (Wildman–Crippen MR) is 116 cm³/mol. The van der Waals surface area contributed by atoms with E-state index in [9.17, 15) is 4.79 Å². The van der Waals surface area contributed by atoms with Crippen LogP contribution in [0.5, 0.6) is 5.75 Å². The molecule has 1 aliphatic carbocycles. The molecule has 0 saturated heterocycles. The number of benzene rings is 2. The van der Waals surface area contributed by atoms with Gasteiger partial charge in [0.25, 0.3) is 0 Å². The first-order valence-corrected chi connectivity index (χ1v) is 10.5. The Balaban J connectivity index is 1.63. The number of aromatic nitrogens is 3. The van der Waals surface area contributed by atoms with Crippen molar-refractivity contribution in [1.82, 2.24) is 14.8 Å². The number of ether oxygens (including phenoxy) is 1. The Morgan fingerprint density at radius 1 is 1.20 bits per heavy atom. The first-order valence-electron chi connectivity index (χ1n) is 10.1. The quantitative estimate of drug-likeness (QED) is 0.641. The van der Waals surface area contributed by atoms with E-state index >= 15 is 0 Å². The van der Waals surface area contributed by atoms with E-state index < -0.39 is 0 Å². The number of allylic oxidation sites excluding steroid dienone is 2. The van der Waals surface area contributed by atoms with Crippen molar-refractivity contribution in [2.24, 2.45) is 0 Å². The molecule has 0 amide bonds. The van der Waals surface area contributed by atoms with Crippen LogP contribution in [0.25, 0.3) is 11.4 Å². The molecule has 7 heteroatoms. The Kier molecular flexibility index (Phi) is 4.79. The molecule has 1 aliphatic heterocycles. The zero-order valence-electron chi connectivity index (χ0n) is 16.6. The maximum Gasteiger partial charge on any atom is 0.226 e. The second kappa shape index (κ2) is 7.61. The number of hydrogen-bond acceptors (Lipinski definition) is 5. The Morgan fingerprint density at radius 2 is 2.03 bits per heavy atom. The molecule has 0 unspecified atom stereocenters. The van der Waals surface area contributed by atoms with Gasteiger partial charge in [-0.1, -0.05) is 35.9 Å². The second-order valence-electron chi connectivity index (χ2n) is 7.41. The maximum absolute atomic E-state index is 12.9. The summed E-state index contributed by atoms with van der Waals surface area (Å²) in [4.78, 5) is 17.6. The summed E-state index contributed by atoms with van der Waals surface area (Å²) in [6, 6.07) is 15.0. The summed E-state index contributed by atoms with van der Waals surface area (Å²) in [5.41, 5.74) is 3.54. The first-order chi connectivity index (χ1) is 14.6. The summed E-state index contributed by atoms with van der Waals surface area (Å²) in [7, 11) is 0. The van der Waals surface area contributed by atoms with Crippen molar-refractivity contribution in [3.63, 3.8) is 0 Å². The van der Waals surface area contributed by atoms with Gasteiger partial charge in [-0.3, -0.25) is 4.79 Å². The Hall–Kier alpha value is -3.12. The Morgan fingerprint density at radius 3 is 2.80 bits per heavy atom. The van der Waals surface area contributed by atoms with E-state index in [1.54, 1.807) is 0 Å². The summed E-state index contributed by atoms with van der Waals surface area (Å²) >= 11 is 6.16. The lowest BCUT2D eigenvalue weighted by atomic mass is 9.85. The summed E-state index contributed by atoms with van der Waals surface area (Å²) in [5, 5.41) is 8.76. The van der Waals surface area contributed by atoms with Crippen molar-refractivity contribution >= 4 is 23.3 Å². The number of carbonyl (C=O) groups excluding carboxylic acids is 1. The molecular weight excluding hydrogens is 400 g/mol. The molecule has 1 atom stereocenters. The molecule has 2 aromatic carbocycles. The second-order valence-corrected chi connectivity index (χ2v) is 7.85. The van der Waals surface area contributed by atoms with Gasteiger partial charge in [0.1, 0.15) is 11.8 Å². The summed E-state index contributed by atoms with van der Waals surface area (Å²) in [5.74, 6) is 2.17. The number of nitrogens with one attached hydrogen (secondary N) is 1. The fourth-order valence-corrected chi connectivity index (χ4v) is 4.32. The van der Waals surface area contributed by atoms with Crippen molar-refractivity contribution in [3.8, 4) is 17.1 Å². The lowest BCUT2D eigenvalue weighted by Gasteiger charge is -2.32. The molecule has 152 valence electrons. The number of carbonyl (C=O) groups is 1. The van der Waals surface area contributed by atoms with E-state index in [0.29, 0.717) is 29.8 Å². The van der Waals surface area contributed by atoms with Crippen LogP contribution in [0.1, 0.15) is 37.8 Å². The van der Waals surface area contributed by atoms with Crippen LogP contribution in [-0.2, 0) is 4.79 Å². The van der Waals surface area contributed by atoms with Crippen LogP contribution in [0.2, 0.25) is 5.02 Å². The number of fused-ring (bicyclic) bond motifs is 1. The third kappa shape index (κ3) is 3.27. The highest BCUT2D eigenvalue weighted by atomic mass is 35.5. The smallest absolute Gasteiger partial charge is 0.226 e. The Labute approximate surface area is 179 Å². The van der Waals surface area contributed by atoms with Gasteiger partial charge in [0.05, 0.1) is 6.61 Å². The number of Topliss-reactive ketones (excluding diaryl/α,β-unsaturated/α-hetero) is 1. The number of ketones is 1. The van der Waals surface area contributed by atoms with E-state index in [-0.39, 0.29) is 11.8 Å². The minimum Gasteiger partial charge on any atom is -0.494 e. The van der Waals surface area contributed by atoms with Crippen LogP contribution in [-0.4, -0.2) is 27.2 Å². The molecule has 5 rings (SSSR count). The van der Waals surface area contributed by atoms with Crippen molar-refractivity contribution in [2.45, 2.75) is 32.2 Å². The predicted octanol–water partition coefficient (Wildman–Crippen LogP) is 5.02. The van der Waals surface area contributed by atoms with Gasteiger partial charge in [0.2, 0.25) is 5.95 Å². The molecule has 0 radical (unpaired) electrons. The molecule has 2 heterocycles. The van der Waals surface area contributed by atoms with Crippen LogP contribution < -0.4 is 10.1 Å². The highest BCUT2D eigenvalue weighted by Gasteiger charge is 2.36. The molecule has 0 saturated carbocycles. The van der Waals surface area contributed by atoms with Gasteiger partial charge >= 0.3 is 0 Å². The summed E-state index contributed by atoms with van der Waals surface area (Å²) in [6.07, 6.45) is 2.23. The fraction of sp³-hybridized carbons (Fsp3) is 0.261. The fourth-order valence-electron chi connectivity index (χ4n) is 4.13. The van der Waals surface area contributed by atoms with Crippen molar-refractivity contribution in [1.29, 1.82) is 0 Å². The number of rotatable bonds is 4. The van der Waals surface area contributed by atoms with Gasteiger partial charge in [-0.05, 0) is 49.6 Å². The van der Waals surface area contributed by atoms with Gasteiger partial charge in [-0.15, -0.1) is 5.10 Å². The van der Waals surface area contributed by atoms with Gasteiger partial charge in [0.15, 0.2) is 11.6 Å². The maximum atomic E-state index is 12.9. The minimum absolute atomic E-state index is 0.160. The van der Waals surface area contributed by atoms with Crippen LogP contribution >= 0.6 is 11.6 Å². The van der Waals surface area contributed by atoms with E-state index in [1.165, 1.54) is 0 Å². The molecule has 0 fully saturated rings. The monoisotopic (exact) mass is 420 g/mol. The van der Waals surface area contributed by atoms with E-state index in [4.69, 9.17) is 26.4 Å². The van der Waals surface area contributed by atoms with Crippen molar-refractivity contribution in [3.05, 3.63) is 70.4 Å². The highest BCUT2D eigenvalue weighted by molar-refractivity contribution is 6.30. The summed E-state index contributed by atoms with van der Waals surface area (Å²) < 4.78 is 7.39. The summed E-state index contributed by atoms with van der Waals surface area (Å²) in [6.45, 7) is 2.56. The topological polar surface area (TPSA) is 69.0 Å². The van der Waals surface area contributed by atoms with Gasteiger partial charge < -0.3 is 10.1 Å². The highest BCUT2D eigenvalue weighted by Crippen LogP contribution is 2.41. The first kappa shape index (κ1) is 18.9. The lowest BCUT2D eigenvalue weighted by molar-refractivity contribution is -0.116. The molecule has 2 aliphatic rings. The average molecular weight is 421 g/mol. The molecule has 0 spiro atoms. The molecular formula is C23H21ClN4O2. The number of hydrogen-bond donors (Lipinski definition) is 1. The Bertz CT molecular complexity index is 1150. The molecule has 1 aromatic heterocycles. The number of halogens is 1. The van der Waals surface area contributed by atoms with E-state index in [1.807, 2.05) is 60.1 Å². The van der Waals surface area contributed by atoms with E-state index in [0.717, 1.165) is 41.0 Å². The number of nitrogens with zero attached hydrogens (tertiary/aromatic N) is 3. The molecule has 1 N–H and O–H groups in total. The zero-order valence-corrected chi connectivity index (χ0v) is 17.3. The van der Waals surface area contributed by atoms with Crippen LogP contribution in [0.3, 0.4) is 0 Å². The van der Waals surface area contributed by atoms with Gasteiger partial charge in [0, 0.05) is 28.3 Å². The lowest BCUT2D eigenvalue weighted by Crippen LogP contribution is -2.31. The van der Waals surface area contributed by atoms with Crippen LogP contribution in [0.15, 0.2) is 59.8 Å². The third-order valence-corrected chi connectivity index (χ3v) is 5.69.